The maximum Gasteiger partial charge on any atom is 0.181 e. The van der Waals surface area contributed by atoms with Crippen LogP contribution < -0.4 is 5.73 Å². The van der Waals surface area contributed by atoms with Crippen molar-refractivity contribution in [1.82, 2.24) is 0 Å². The zero-order valence-electron chi connectivity index (χ0n) is 8.18. The maximum atomic E-state index is 13.1. The van der Waals surface area contributed by atoms with Gasteiger partial charge in [0.25, 0.3) is 0 Å². The van der Waals surface area contributed by atoms with Gasteiger partial charge in [-0.1, -0.05) is 23.7 Å². The van der Waals surface area contributed by atoms with E-state index in [0.29, 0.717) is 16.1 Å². The summed E-state index contributed by atoms with van der Waals surface area (Å²) >= 11 is 5.81. The van der Waals surface area contributed by atoms with Crippen molar-refractivity contribution in [2.75, 3.05) is 5.73 Å². The van der Waals surface area contributed by atoms with E-state index in [1.807, 2.05) is 0 Å². The van der Waals surface area contributed by atoms with Crippen LogP contribution in [-0.2, 0) is 0 Å². The fourth-order valence-electron chi connectivity index (χ4n) is 1.45. The summed E-state index contributed by atoms with van der Waals surface area (Å²) in [7, 11) is 0. The van der Waals surface area contributed by atoms with Gasteiger partial charge in [-0.15, -0.1) is 0 Å². The Kier molecular flexibility index (Phi) is 2.79. The lowest BCUT2D eigenvalue weighted by molar-refractivity contribution is 0.512. The quantitative estimate of drug-likeness (QED) is 0.751. The minimum absolute atomic E-state index is 0.213. The average Bonchev–Trinajstić information content (AvgIpc) is 2.25. The second kappa shape index (κ2) is 4.10. The Morgan fingerprint density at radius 3 is 2.38 bits per heavy atom. The van der Waals surface area contributed by atoms with Crippen LogP contribution in [0, 0.1) is 11.6 Å². The normalized spacial score (nSPS) is 10.4. The molecule has 0 fully saturated rings. The molecule has 0 heterocycles. The molecule has 2 N–H and O–H groups in total. The molecule has 0 atom stereocenters. The summed E-state index contributed by atoms with van der Waals surface area (Å²) in [4.78, 5) is 0. The predicted octanol–water partition coefficient (Wildman–Crippen LogP) is 3.87. The summed E-state index contributed by atoms with van der Waals surface area (Å²) in [6.07, 6.45) is 0. The Balaban J connectivity index is 2.57. The molecule has 0 bridgehead atoms. The molecule has 0 radical (unpaired) electrons. The van der Waals surface area contributed by atoms with Crippen LogP contribution in [-0.4, -0.2) is 0 Å². The SMILES string of the molecule is Nc1cc(-c2cccc(Cl)c2)cc(F)c1F. The van der Waals surface area contributed by atoms with Crippen LogP contribution in [0.15, 0.2) is 36.4 Å². The number of benzene rings is 2. The Morgan fingerprint density at radius 2 is 1.75 bits per heavy atom. The van der Waals surface area contributed by atoms with Crippen molar-refractivity contribution in [3.05, 3.63) is 53.1 Å². The van der Waals surface area contributed by atoms with Gasteiger partial charge in [-0.05, 0) is 35.4 Å². The largest absolute Gasteiger partial charge is 0.396 e. The molecule has 82 valence electrons. The average molecular weight is 240 g/mol. The molecule has 0 spiro atoms. The Hall–Kier alpha value is -1.61. The number of anilines is 1. The minimum atomic E-state index is -1.02. The topological polar surface area (TPSA) is 26.0 Å². The number of rotatable bonds is 1. The lowest BCUT2D eigenvalue weighted by Gasteiger charge is -2.05. The summed E-state index contributed by atoms with van der Waals surface area (Å²) in [5.41, 5.74) is 6.33. The molecule has 0 aliphatic heterocycles. The smallest absolute Gasteiger partial charge is 0.181 e. The van der Waals surface area contributed by atoms with E-state index in [4.69, 9.17) is 17.3 Å². The third kappa shape index (κ3) is 1.99. The second-order valence-electron chi connectivity index (χ2n) is 3.37. The van der Waals surface area contributed by atoms with E-state index in [9.17, 15) is 8.78 Å². The number of nitrogens with two attached hydrogens (primary N) is 1. The van der Waals surface area contributed by atoms with E-state index in [1.54, 1.807) is 24.3 Å². The van der Waals surface area contributed by atoms with E-state index in [0.717, 1.165) is 6.07 Å². The standard InChI is InChI=1S/C12H8ClF2N/c13-9-3-1-2-7(4-9)8-5-10(14)12(15)11(16)6-8/h1-6H,16H2. The van der Waals surface area contributed by atoms with Crippen molar-refractivity contribution >= 4 is 17.3 Å². The number of nitrogen functional groups attached to an aromatic ring is 1. The summed E-state index contributed by atoms with van der Waals surface area (Å²) in [6, 6.07) is 9.32. The molecular weight excluding hydrogens is 232 g/mol. The lowest BCUT2D eigenvalue weighted by Crippen LogP contribution is -1.95. The van der Waals surface area contributed by atoms with Crippen LogP contribution in [0.3, 0.4) is 0 Å². The monoisotopic (exact) mass is 239 g/mol. The summed E-state index contributed by atoms with van der Waals surface area (Å²) in [5, 5.41) is 0.529. The van der Waals surface area contributed by atoms with Gasteiger partial charge in [-0.25, -0.2) is 8.78 Å². The summed E-state index contributed by atoms with van der Waals surface area (Å²) < 4.78 is 26.1. The van der Waals surface area contributed by atoms with Crippen LogP contribution in [0.2, 0.25) is 5.02 Å². The molecule has 0 aliphatic carbocycles. The molecule has 4 heteroatoms. The molecule has 0 amide bonds. The highest BCUT2D eigenvalue weighted by Crippen LogP contribution is 2.27. The van der Waals surface area contributed by atoms with Gasteiger partial charge in [0.15, 0.2) is 11.6 Å². The summed E-state index contributed by atoms with van der Waals surface area (Å²) in [6.45, 7) is 0. The van der Waals surface area contributed by atoms with Crippen LogP contribution in [0.4, 0.5) is 14.5 Å². The highest BCUT2D eigenvalue weighted by atomic mass is 35.5. The molecule has 0 saturated carbocycles. The van der Waals surface area contributed by atoms with Gasteiger partial charge in [0, 0.05) is 5.02 Å². The van der Waals surface area contributed by atoms with Gasteiger partial charge in [-0.3, -0.25) is 0 Å². The molecule has 0 aliphatic rings. The zero-order chi connectivity index (χ0) is 11.7. The fraction of sp³-hybridized carbons (Fsp3) is 0. The Labute approximate surface area is 96.5 Å². The van der Waals surface area contributed by atoms with Crippen molar-refractivity contribution in [2.24, 2.45) is 0 Å². The highest BCUT2D eigenvalue weighted by Gasteiger charge is 2.09. The summed E-state index contributed by atoms with van der Waals surface area (Å²) in [5.74, 6) is -1.99. The number of hydrogen-bond acceptors (Lipinski definition) is 1. The van der Waals surface area contributed by atoms with E-state index < -0.39 is 11.6 Å². The van der Waals surface area contributed by atoms with Crippen molar-refractivity contribution in [2.45, 2.75) is 0 Å². The number of hydrogen-bond donors (Lipinski definition) is 1. The van der Waals surface area contributed by atoms with Gasteiger partial charge >= 0.3 is 0 Å². The first-order valence-electron chi connectivity index (χ1n) is 4.58. The Bertz CT molecular complexity index is 517. The van der Waals surface area contributed by atoms with Crippen molar-refractivity contribution in [3.63, 3.8) is 0 Å². The fourth-order valence-corrected chi connectivity index (χ4v) is 1.64. The van der Waals surface area contributed by atoms with E-state index in [2.05, 4.69) is 0 Å². The van der Waals surface area contributed by atoms with Crippen LogP contribution in [0.25, 0.3) is 11.1 Å². The molecule has 2 aromatic rings. The van der Waals surface area contributed by atoms with Crippen LogP contribution in [0.5, 0.6) is 0 Å². The van der Waals surface area contributed by atoms with Gasteiger partial charge in [0.1, 0.15) is 0 Å². The molecule has 2 rings (SSSR count). The first kappa shape index (κ1) is 10.9. The molecule has 16 heavy (non-hydrogen) atoms. The molecule has 1 nitrogen and oxygen atoms in total. The van der Waals surface area contributed by atoms with E-state index in [-0.39, 0.29) is 5.69 Å². The predicted molar refractivity (Wildman–Crippen MR) is 61.2 cm³/mol. The molecule has 0 unspecified atom stereocenters. The zero-order valence-corrected chi connectivity index (χ0v) is 8.93. The third-order valence-electron chi connectivity index (χ3n) is 2.21. The maximum absolute atomic E-state index is 13.1. The first-order valence-corrected chi connectivity index (χ1v) is 4.96. The van der Waals surface area contributed by atoms with Crippen molar-refractivity contribution in [3.8, 4) is 11.1 Å². The van der Waals surface area contributed by atoms with Gasteiger partial charge < -0.3 is 5.73 Å². The molecule has 2 aromatic carbocycles. The van der Waals surface area contributed by atoms with Crippen LogP contribution >= 0.6 is 11.6 Å². The second-order valence-corrected chi connectivity index (χ2v) is 3.81. The molecule has 0 aromatic heterocycles. The highest BCUT2D eigenvalue weighted by molar-refractivity contribution is 6.30. The minimum Gasteiger partial charge on any atom is -0.396 e. The molecular formula is C12H8ClF2N. The van der Waals surface area contributed by atoms with Crippen molar-refractivity contribution in [1.29, 1.82) is 0 Å². The van der Waals surface area contributed by atoms with E-state index in [1.165, 1.54) is 6.07 Å². The van der Waals surface area contributed by atoms with Gasteiger partial charge in [0.2, 0.25) is 0 Å². The molecule has 0 saturated heterocycles. The Morgan fingerprint density at radius 1 is 1.00 bits per heavy atom. The van der Waals surface area contributed by atoms with Crippen molar-refractivity contribution < 1.29 is 8.78 Å². The van der Waals surface area contributed by atoms with Gasteiger partial charge in [0.05, 0.1) is 5.69 Å². The lowest BCUT2D eigenvalue weighted by atomic mass is 10.0. The first-order chi connectivity index (χ1) is 7.58. The van der Waals surface area contributed by atoms with Crippen LogP contribution in [0.1, 0.15) is 0 Å². The number of halogens is 3. The van der Waals surface area contributed by atoms with E-state index >= 15 is 0 Å². The third-order valence-corrected chi connectivity index (χ3v) is 2.45. The van der Waals surface area contributed by atoms with Gasteiger partial charge in [-0.2, -0.15) is 0 Å².